The third-order valence-corrected chi connectivity index (χ3v) is 5.24. The summed E-state index contributed by atoms with van der Waals surface area (Å²) < 4.78 is 28.4. The molecular weight excluding hydrogens is 404 g/mol. The highest BCUT2D eigenvalue weighted by atomic mass is 32.2. The highest BCUT2D eigenvalue weighted by Gasteiger charge is 2.24. The van der Waals surface area contributed by atoms with Crippen molar-refractivity contribution < 1.29 is 22.7 Å². The lowest BCUT2D eigenvalue weighted by Gasteiger charge is -2.23. The lowest BCUT2D eigenvalue weighted by molar-refractivity contribution is -0.123. The van der Waals surface area contributed by atoms with Gasteiger partial charge >= 0.3 is 6.09 Å². The van der Waals surface area contributed by atoms with Crippen LogP contribution >= 0.6 is 0 Å². The molecule has 1 atom stereocenters. The van der Waals surface area contributed by atoms with Gasteiger partial charge < -0.3 is 15.4 Å². The molecule has 30 heavy (non-hydrogen) atoms. The number of alkyl carbamates (subject to hydrolysis) is 1. The molecule has 0 aliphatic rings. The molecule has 0 saturated carbocycles. The van der Waals surface area contributed by atoms with Gasteiger partial charge in [-0.25, -0.2) is 13.2 Å². The molecule has 0 bridgehead atoms. The summed E-state index contributed by atoms with van der Waals surface area (Å²) >= 11 is 0. The van der Waals surface area contributed by atoms with Crippen LogP contribution in [-0.4, -0.2) is 38.3 Å². The molecule has 1 unspecified atom stereocenters. The predicted octanol–water partition coefficient (Wildman–Crippen LogP) is 2.84. The topological polar surface area (TPSA) is 102 Å². The SMILES string of the molecule is CC(C)(C)OC(=O)NC(Cc1ccccc1)C(=O)NCc1ccc(S(C)(=O)=O)cc1. The van der Waals surface area contributed by atoms with E-state index in [1.807, 2.05) is 30.3 Å². The van der Waals surface area contributed by atoms with E-state index >= 15 is 0 Å². The Morgan fingerprint density at radius 3 is 2.10 bits per heavy atom. The third-order valence-electron chi connectivity index (χ3n) is 4.11. The van der Waals surface area contributed by atoms with Gasteiger partial charge in [0.05, 0.1) is 4.90 Å². The van der Waals surface area contributed by atoms with Gasteiger partial charge in [0.25, 0.3) is 0 Å². The van der Waals surface area contributed by atoms with E-state index in [4.69, 9.17) is 4.74 Å². The number of sulfone groups is 1. The van der Waals surface area contributed by atoms with Crippen molar-refractivity contribution in [3.05, 3.63) is 65.7 Å². The molecule has 0 aliphatic heterocycles. The first kappa shape index (κ1) is 23.4. The Morgan fingerprint density at radius 2 is 1.57 bits per heavy atom. The molecule has 2 amide bonds. The van der Waals surface area contributed by atoms with Crippen molar-refractivity contribution in [3.8, 4) is 0 Å². The fourth-order valence-electron chi connectivity index (χ4n) is 2.68. The number of hydrogen-bond acceptors (Lipinski definition) is 5. The molecule has 8 heteroatoms. The van der Waals surface area contributed by atoms with Gasteiger partial charge in [-0.1, -0.05) is 42.5 Å². The first-order chi connectivity index (χ1) is 13.9. The predicted molar refractivity (Wildman–Crippen MR) is 115 cm³/mol. The van der Waals surface area contributed by atoms with Crippen molar-refractivity contribution in [3.63, 3.8) is 0 Å². The summed E-state index contributed by atoms with van der Waals surface area (Å²) in [6.07, 6.45) is 0.773. The second-order valence-corrected chi connectivity index (χ2v) is 10.0. The first-order valence-corrected chi connectivity index (χ1v) is 11.4. The zero-order chi connectivity index (χ0) is 22.4. The summed E-state index contributed by atoms with van der Waals surface area (Å²) in [6.45, 7) is 5.45. The summed E-state index contributed by atoms with van der Waals surface area (Å²) in [7, 11) is -3.28. The van der Waals surface area contributed by atoms with Crippen LogP contribution in [-0.2, 0) is 32.3 Å². The molecule has 2 aromatic carbocycles. The van der Waals surface area contributed by atoms with E-state index < -0.39 is 27.6 Å². The lowest BCUT2D eigenvalue weighted by Crippen LogP contribution is -2.49. The van der Waals surface area contributed by atoms with E-state index in [0.29, 0.717) is 6.42 Å². The second kappa shape index (κ2) is 9.75. The molecule has 7 nitrogen and oxygen atoms in total. The Labute approximate surface area is 177 Å². The summed E-state index contributed by atoms with van der Waals surface area (Å²) in [5.74, 6) is -0.364. The van der Waals surface area contributed by atoms with E-state index in [0.717, 1.165) is 17.4 Å². The van der Waals surface area contributed by atoms with Crippen LogP contribution in [0.2, 0.25) is 0 Å². The summed E-state index contributed by atoms with van der Waals surface area (Å²) in [5.41, 5.74) is 0.955. The Hall–Kier alpha value is -2.87. The fourth-order valence-corrected chi connectivity index (χ4v) is 3.31. The van der Waals surface area contributed by atoms with E-state index in [-0.39, 0.29) is 17.3 Å². The second-order valence-electron chi connectivity index (χ2n) is 8.02. The number of hydrogen-bond donors (Lipinski definition) is 2. The molecule has 162 valence electrons. The van der Waals surface area contributed by atoms with Gasteiger partial charge in [0.1, 0.15) is 11.6 Å². The average Bonchev–Trinajstić information content (AvgIpc) is 2.64. The molecule has 0 heterocycles. The zero-order valence-electron chi connectivity index (χ0n) is 17.6. The van der Waals surface area contributed by atoms with Crippen molar-refractivity contribution in [2.24, 2.45) is 0 Å². The van der Waals surface area contributed by atoms with Gasteiger partial charge in [-0.2, -0.15) is 0 Å². The molecule has 0 spiro atoms. The van der Waals surface area contributed by atoms with Crippen molar-refractivity contribution in [1.29, 1.82) is 0 Å². The highest BCUT2D eigenvalue weighted by molar-refractivity contribution is 7.90. The van der Waals surface area contributed by atoms with Crippen LogP contribution < -0.4 is 10.6 Å². The average molecular weight is 433 g/mol. The van der Waals surface area contributed by atoms with Crippen molar-refractivity contribution in [1.82, 2.24) is 10.6 Å². The minimum absolute atomic E-state index is 0.199. The zero-order valence-corrected chi connectivity index (χ0v) is 18.5. The van der Waals surface area contributed by atoms with Gasteiger partial charge in [0.2, 0.25) is 5.91 Å². The summed E-state index contributed by atoms with van der Waals surface area (Å²) in [6, 6.07) is 14.8. The van der Waals surface area contributed by atoms with E-state index in [1.54, 1.807) is 32.9 Å². The highest BCUT2D eigenvalue weighted by Crippen LogP contribution is 2.11. The van der Waals surface area contributed by atoms with Crippen LogP contribution in [0.25, 0.3) is 0 Å². The van der Waals surface area contributed by atoms with E-state index in [1.165, 1.54) is 12.1 Å². The fraction of sp³-hybridized carbons (Fsp3) is 0.364. The van der Waals surface area contributed by atoms with Crippen LogP contribution in [0.3, 0.4) is 0 Å². The maximum atomic E-state index is 12.8. The van der Waals surface area contributed by atoms with E-state index in [9.17, 15) is 18.0 Å². The van der Waals surface area contributed by atoms with Crippen molar-refractivity contribution in [2.45, 2.75) is 50.3 Å². The molecule has 0 aromatic heterocycles. The summed E-state index contributed by atoms with van der Waals surface area (Å²) in [4.78, 5) is 25.2. The number of rotatable bonds is 7. The molecule has 2 rings (SSSR count). The standard InChI is InChI=1S/C22H28N2O5S/c1-22(2,3)29-21(26)24-19(14-16-8-6-5-7-9-16)20(25)23-15-17-10-12-18(13-11-17)30(4,27)28/h5-13,19H,14-15H2,1-4H3,(H,23,25)(H,24,26). The third kappa shape index (κ3) is 7.87. The minimum Gasteiger partial charge on any atom is -0.444 e. The number of benzene rings is 2. The maximum Gasteiger partial charge on any atom is 0.408 e. The van der Waals surface area contributed by atoms with Crippen LogP contribution in [0.1, 0.15) is 31.9 Å². The van der Waals surface area contributed by atoms with Crippen LogP contribution in [0, 0.1) is 0 Å². The maximum absolute atomic E-state index is 12.8. The molecule has 0 aliphatic carbocycles. The van der Waals surface area contributed by atoms with Crippen LogP contribution in [0.5, 0.6) is 0 Å². The van der Waals surface area contributed by atoms with Gasteiger partial charge in [-0.05, 0) is 44.0 Å². The Morgan fingerprint density at radius 1 is 0.967 bits per heavy atom. The first-order valence-electron chi connectivity index (χ1n) is 9.54. The largest absolute Gasteiger partial charge is 0.444 e. The van der Waals surface area contributed by atoms with Crippen molar-refractivity contribution in [2.75, 3.05) is 6.26 Å². The van der Waals surface area contributed by atoms with Crippen LogP contribution in [0.15, 0.2) is 59.5 Å². The quantitative estimate of drug-likeness (QED) is 0.701. The smallest absolute Gasteiger partial charge is 0.408 e. The molecule has 0 radical (unpaired) electrons. The number of carbonyl (C=O) groups excluding carboxylic acids is 2. The number of carbonyl (C=O) groups is 2. The van der Waals surface area contributed by atoms with Gasteiger partial charge in [-0.15, -0.1) is 0 Å². The molecular formula is C22H28N2O5S. The van der Waals surface area contributed by atoms with Crippen molar-refractivity contribution >= 4 is 21.8 Å². The Bertz CT molecular complexity index is 965. The number of amides is 2. The summed E-state index contributed by atoms with van der Waals surface area (Å²) in [5, 5.41) is 5.42. The lowest BCUT2D eigenvalue weighted by atomic mass is 10.1. The van der Waals surface area contributed by atoms with Crippen LogP contribution in [0.4, 0.5) is 4.79 Å². The Kier molecular flexibility index (Phi) is 7.61. The van der Waals surface area contributed by atoms with Gasteiger partial charge in [0.15, 0.2) is 9.84 Å². The monoisotopic (exact) mass is 432 g/mol. The number of ether oxygens (including phenoxy) is 1. The molecule has 0 fully saturated rings. The Balaban J connectivity index is 2.06. The van der Waals surface area contributed by atoms with E-state index in [2.05, 4.69) is 10.6 Å². The normalized spacial score (nSPS) is 12.7. The molecule has 2 aromatic rings. The molecule has 0 saturated heterocycles. The molecule has 2 N–H and O–H groups in total. The minimum atomic E-state index is -3.28. The number of nitrogens with one attached hydrogen (secondary N) is 2. The van der Waals surface area contributed by atoms with Gasteiger partial charge in [0, 0.05) is 19.2 Å². The van der Waals surface area contributed by atoms with Gasteiger partial charge in [-0.3, -0.25) is 4.79 Å².